The molecule has 1 aromatic carbocycles. The minimum atomic E-state index is -0.339. The Morgan fingerprint density at radius 2 is 2.21 bits per heavy atom. The number of benzene rings is 1. The first-order chi connectivity index (χ1) is 16.5. The number of thiophene rings is 1. The van der Waals surface area contributed by atoms with E-state index in [-0.39, 0.29) is 28.9 Å². The summed E-state index contributed by atoms with van der Waals surface area (Å²) in [5.74, 6) is -0.0396. The molecule has 2 atom stereocenters. The van der Waals surface area contributed by atoms with Gasteiger partial charge in [-0.15, -0.1) is 11.3 Å². The molecule has 0 radical (unpaired) electrons. The molecule has 3 heterocycles. The van der Waals surface area contributed by atoms with Gasteiger partial charge in [0.15, 0.2) is 5.16 Å². The normalized spacial score (nSPS) is 17.1. The summed E-state index contributed by atoms with van der Waals surface area (Å²) in [5, 5.41) is 4.27. The van der Waals surface area contributed by atoms with Crippen LogP contribution in [0.25, 0.3) is 20.3 Å². The molecule has 9 heteroatoms. The van der Waals surface area contributed by atoms with Gasteiger partial charge in [-0.1, -0.05) is 36.9 Å². The topological polar surface area (TPSA) is 82.5 Å². The lowest BCUT2D eigenvalue weighted by Crippen LogP contribution is -2.37. The monoisotopic (exact) mass is 503 g/mol. The van der Waals surface area contributed by atoms with Crippen LogP contribution in [0.2, 0.25) is 0 Å². The fourth-order valence-corrected chi connectivity index (χ4v) is 6.21. The van der Waals surface area contributed by atoms with Gasteiger partial charge in [0.2, 0.25) is 5.91 Å². The van der Waals surface area contributed by atoms with Crippen molar-refractivity contribution in [3.63, 3.8) is 0 Å². The fraction of sp³-hybridized carbons (Fsp3) is 0.560. The maximum atomic E-state index is 13.5. The second-order valence-corrected chi connectivity index (χ2v) is 11.0. The van der Waals surface area contributed by atoms with Crippen molar-refractivity contribution in [2.45, 2.75) is 75.6 Å². The Balaban J connectivity index is 1.62. The largest absolute Gasteiger partial charge is 0.379 e. The van der Waals surface area contributed by atoms with Gasteiger partial charge in [-0.3, -0.25) is 14.2 Å². The number of ether oxygens (including phenoxy) is 2. The van der Waals surface area contributed by atoms with E-state index >= 15 is 0 Å². The predicted molar refractivity (Wildman–Crippen MR) is 139 cm³/mol. The van der Waals surface area contributed by atoms with Crippen LogP contribution >= 0.6 is 23.1 Å². The zero-order valence-electron chi connectivity index (χ0n) is 20.0. The molecular weight excluding hydrogens is 470 g/mol. The summed E-state index contributed by atoms with van der Waals surface area (Å²) in [5.41, 5.74) is 0.672. The maximum Gasteiger partial charge on any atom is 0.272 e. The van der Waals surface area contributed by atoms with Gasteiger partial charge >= 0.3 is 0 Å². The van der Waals surface area contributed by atoms with Gasteiger partial charge in [0.05, 0.1) is 23.0 Å². The molecule has 0 unspecified atom stereocenters. The highest BCUT2D eigenvalue weighted by Gasteiger charge is 2.24. The highest BCUT2D eigenvalue weighted by molar-refractivity contribution is 8.00. The van der Waals surface area contributed by atoms with Crippen LogP contribution in [0.4, 0.5) is 0 Å². The van der Waals surface area contributed by atoms with Crippen LogP contribution in [0.5, 0.6) is 0 Å². The van der Waals surface area contributed by atoms with Gasteiger partial charge in [-0.25, -0.2) is 4.98 Å². The molecule has 4 rings (SSSR count). The molecule has 1 N–H and O–H groups in total. The number of fused-ring (bicyclic) bond motifs is 3. The van der Waals surface area contributed by atoms with E-state index < -0.39 is 0 Å². The van der Waals surface area contributed by atoms with Crippen LogP contribution in [0.15, 0.2) is 34.2 Å². The third kappa shape index (κ3) is 5.82. The SMILES string of the molecule is CC[C@H](Sc1nc2c(sc3ccccc32)c(=O)n1CCCOC(C)C)C(=O)NC[C@H]1CCCO1. The third-order valence-corrected chi connectivity index (χ3v) is 8.37. The summed E-state index contributed by atoms with van der Waals surface area (Å²) < 4.78 is 14.7. The highest BCUT2D eigenvalue weighted by atomic mass is 32.2. The minimum Gasteiger partial charge on any atom is -0.379 e. The smallest absolute Gasteiger partial charge is 0.272 e. The van der Waals surface area contributed by atoms with Crippen LogP contribution in [-0.4, -0.2) is 52.7 Å². The van der Waals surface area contributed by atoms with E-state index in [0.29, 0.717) is 42.4 Å². The van der Waals surface area contributed by atoms with Gasteiger partial charge in [0.25, 0.3) is 5.56 Å². The zero-order chi connectivity index (χ0) is 24.1. The van der Waals surface area contributed by atoms with Crippen LogP contribution in [-0.2, 0) is 20.8 Å². The first kappa shape index (κ1) is 25.2. The number of nitrogens with zero attached hydrogens (tertiary/aromatic N) is 2. The van der Waals surface area contributed by atoms with E-state index in [1.54, 1.807) is 4.57 Å². The number of amides is 1. The van der Waals surface area contributed by atoms with Crippen molar-refractivity contribution in [1.82, 2.24) is 14.9 Å². The van der Waals surface area contributed by atoms with Gasteiger partial charge < -0.3 is 14.8 Å². The summed E-state index contributed by atoms with van der Waals surface area (Å²) in [6, 6.07) is 7.95. The van der Waals surface area contributed by atoms with Crippen molar-refractivity contribution in [3.05, 3.63) is 34.6 Å². The lowest BCUT2D eigenvalue weighted by Gasteiger charge is -2.19. The number of hydrogen-bond donors (Lipinski definition) is 1. The standard InChI is InChI=1S/C25H33N3O4S2/c1-4-19(23(29)26-15-17-9-7-13-32-17)34-25-27-21-18-10-5-6-11-20(18)33-22(21)24(30)28(25)12-8-14-31-16(2)3/h5-6,10-11,16-17,19H,4,7-9,12-15H2,1-3H3,(H,26,29)/t17-,19+/m1/s1. The Bertz CT molecular complexity index is 1180. The number of aromatic nitrogens is 2. The van der Waals surface area contributed by atoms with Crippen molar-refractivity contribution < 1.29 is 14.3 Å². The molecule has 1 amide bonds. The Labute approximate surface area is 208 Å². The van der Waals surface area contributed by atoms with Gasteiger partial charge in [0, 0.05) is 36.4 Å². The number of hydrogen-bond acceptors (Lipinski definition) is 7. The molecule has 1 aliphatic rings. The van der Waals surface area contributed by atoms with Crippen molar-refractivity contribution in [2.24, 2.45) is 0 Å². The molecule has 34 heavy (non-hydrogen) atoms. The Hall–Kier alpha value is -1.94. The van der Waals surface area contributed by atoms with E-state index in [0.717, 1.165) is 35.1 Å². The van der Waals surface area contributed by atoms with Gasteiger partial charge in [-0.2, -0.15) is 0 Å². The van der Waals surface area contributed by atoms with Gasteiger partial charge in [-0.05, 0) is 45.6 Å². The number of thioether (sulfide) groups is 1. The minimum absolute atomic E-state index is 0.0396. The number of rotatable bonds is 11. The van der Waals surface area contributed by atoms with E-state index in [2.05, 4.69) is 5.32 Å². The lowest BCUT2D eigenvalue weighted by molar-refractivity contribution is -0.121. The molecule has 184 valence electrons. The molecule has 0 saturated carbocycles. The number of carbonyl (C=O) groups is 1. The summed E-state index contributed by atoms with van der Waals surface area (Å²) in [7, 11) is 0. The second-order valence-electron chi connectivity index (χ2n) is 8.80. The third-order valence-electron chi connectivity index (χ3n) is 5.86. The van der Waals surface area contributed by atoms with E-state index in [4.69, 9.17) is 14.5 Å². The summed E-state index contributed by atoms with van der Waals surface area (Å²) in [6.45, 7) is 8.34. The molecule has 0 bridgehead atoms. The molecule has 1 fully saturated rings. The fourth-order valence-electron chi connectivity index (χ4n) is 4.07. The molecule has 3 aromatic rings. The molecular formula is C25H33N3O4S2. The first-order valence-corrected chi connectivity index (χ1v) is 13.8. The average Bonchev–Trinajstić information content (AvgIpc) is 3.48. The Morgan fingerprint density at radius 3 is 2.94 bits per heavy atom. The highest BCUT2D eigenvalue weighted by Crippen LogP contribution is 2.33. The molecule has 0 aliphatic carbocycles. The number of nitrogens with one attached hydrogen (secondary N) is 1. The summed E-state index contributed by atoms with van der Waals surface area (Å²) >= 11 is 2.85. The maximum absolute atomic E-state index is 13.5. The lowest BCUT2D eigenvalue weighted by atomic mass is 10.2. The Morgan fingerprint density at radius 1 is 1.38 bits per heavy atom. The predicted octanol–water partition coefficient (Wildman–Crippen LogP) is 4.59. The quantitative estimate of drug-likeness (QED) is 0.234. The van der Waals surface area contributed by atoms with Gasteiger partial charge in [0.1, 0.15) is 4.70 Å². The summed E-state index contributed by atoms with van der Waals surface area (Å²) in [4.78, 5) is 31.5. The van der Waals surface area contributed by atoms with Crippen LogP contribution < -0.4 is 10.9 Å². The van der Waals surface area contributed by atoms with Crippen molar-refractivity contribution >= 4 is 49.3 Å². The summed E-state index contributed by atoms with van der Waals surface area (Å²) in [6.07, 6.45) is 3.59. The first-order valence-electron chi connectivity index (χ1n) is 12.1. The van der Waals surface area contributed by atoms with Crippen molar-refractivity contribution in [3.8, 4) is 0 Å². The molecule has 1 aliphatic heterocycles. The Kier molecular flexibility index (Phi) is 8.63. The van der Waals surface area contributed by atoms with Crippen molar-refractivity contribution in [2.75, 3.05) is 19.8 Å². The number of carbonyl (C=O) groups excluding carboxylic acids is 1. The van der Waals surface area contributed by atoms with Crippen LogP contribution in [0, 0.1) is 0 Å². The van der Waals surface area contributed by atoms with Crippen LogP contribution in [0.3, 0.4) is 0 Å². The van der Waals surface area contributed by atoms with E-state index in [1.807, 2.05) is 45.0 Å². The molecule has 2 aromatic heterocycles. The average molecular weight is 504 g/mol. The van der Waals surface area contributed by atoms with E-state index in [9.17, 15) is 9.59 Å². The zero-order valence-corrected chi connectivity index (χ0v) is 21.7. The van der Waals surface area contributed by atoms with Crippen molar-refractivity contribution in [1.29, 1.82) is 0 Å². The van der Waals surface area contributed by atoms with E-state index in [1.165, 1.54) is 23.1 Å². The molecule has 7 nitrogen and oxygen atoms in total. The van der Waals surface area contributed by atoms with Crippen LogP contribution in [0.1, 0.15) is 46.5 Å². The second kappa shape index (κ2) is 11.7. The molecule has 1 saturated heterocycles. The molecule has 0 spiro atoms.